The first-order valence-electron chi connectivity index (χ1n) is 11.5. The Labute approximate surface area is 201 Å². The molecular weight excluding hydrogens is 436 g/mol. The van der Waals surface area contributed by atoms with Gasteiger partial charge >= 0.3 is 0 Å². The molecule has 4 nitrogen and oxygen atoms in total. The topological polar surface area (TPSA) is 31.4 Å². The molecule has 1 aromatic carbocycles. The number of nitrogens with zero attached hydrogens (tertiary/aromatic N) is 3. The van der Waals surface area contributed by atoms with Crippen molar-refractivity contribution in [2.75, 3.05) is 11.9 Å². The Morgan fingerprint density at radius 1 is 1.19 bits per heavy atom. The first kappa shape index (κ1) is 21.7. The number of thiocarbonyl (C=S) groups is 1. The van der Waals surface area contributed by atoms with Crippen LogP contribution in [-0.4, -0.2) is 33.6 Å². The van der Waals surface area contributed by atoms with Gasteiger partial charge in [0.2, 0.25) is 0 Å². The van der Waals surface area contributed by atoms with Crippen molar-refractivity contribution in [3.63, 3.8) is 0 Å². The number of aromatic nitrogens is 1. The van der Waals surface area contributed by atoms with E-state index in [2.05, 4.69) is 72.2 Å². The lowest BCUT2D eigenvalue weighted by molar-refractivity contribution is 0.245. The molecule has 1 aromatic heterocycles. The molecular formula is C26H31ClN4S. The minimum absolute atomic E-state index is 0.0198. The fourth-order valence-corrected chi connectivity index (χ4v) is 6.35. The molecule has 0 unspecified atom stereocenters. The average Bonchev–Trinajstić information content (AvgIpc) is 3.40. The van der Waals surface area contributed by atoms with Crippen LogP contribution >= 0.6 is 23.8 Å². The maximum absolute atomic E-state index is 7.06. The second-order valence-corrected chi connectivity index (χ2v) is 10.7. The molecule has 3 heterocycles. The first-order valence-corrected chi connectivity index (χ1v) is 12.3. The highest BCUT2D eigenvalue weighted by atomic mass is 35.5. The van der Waals surface area contributed by atoms with E-state index in [9.17, 15) is 0 Å². The Hall–Kier alpha value is -2.11. The highest BCUT2D eigenvalue weighted by molar-refractivity contribution is 7.80. The summed E-state index contributed by atoms with van der Waals surface area (Å²) >= 11 is 12.9. The molecule has 6 heteroatoms. The second-order valence-electron chi connectivity index (χ2n) is 9.90. The fraction of sp³-hybridized carbons (Fsp3) is 0.462. The molecule has 2 aliphatic heterocycles. The van der Waals surface area contributed by atoms with E-state index < -0.39 is 0 Å². The van der Waals surface area contributed by atoms with Crippen molar-refractivity contribution in [3.05, 3.63) is 64.4 Å². The van der Waals surface area contributed by atoms with Crippen molar-refractivity contribution < 1.29 is 0 Å². The number of anilines is 1. The van der Waals surface area contributed by atoms with Crippen LogP contribution in [0.25, 0.3) is 5.57 Å². The number of pyridine rings is 1. The third-order valence-corrected chi connectivity index (χ3v) is 8.16. The number of rotatable bonds is 3. The lowest BCUT2D eigenvalue weighted by atomic mass is 9.86. The molecule has 1 aliphatic carbocycles. The Kier molecular flexibility index (Phi) is 5.45. The average molecular weight is 467 g/mol. The molecule has 5 rings (SSSR count). The quantitative estimate of drug-likeness (QED) is 0.538. The largest absolute Gasteiger partial charge is 0.365 e. The monoisotopic (exact) mass is 466 g/mol. The van der Waals surface area contributed by atoms with Crippen molar-refractivity contribution >= 4 is 40.2 Å². The van der Waals surface area contributed by atoms with Crippen LogP contribution in [0, 0.1) is 0 Å². The normalized spacial score (nSPS) is 25.0. The van der Waals surface area contributed by atoms with Crippen molar-refractivity contribution in [1.82, 2.24) is 15.2 Å². The molecule has 168 valence electrons. The number of fused-ring (bicyclic) bond motifs is 1. The number of halogens is 1. The van der Waals surface area contributed by atoms with Crippen LogP contribution in [0.2, 0.25) is 5.02 Å². The van der Waals surface area contributed by atoms with Crippen LogP contribution in [0.1, 0.15) is 75.4 Å². The van der Waals surface area contributed by atoms with Gasteiger partial charge in [0.25, 0.3) is 0 Å². The number of allylic oxidation sites excluding steroid dienone is 1. The zero-order chi connectivity index (χ0) is 22.6. The summed E-state index contributed by atoms with van der Waals surface area (Å²) in [5, 5.41) is 5.21. The zero-order valence-electron chi connectivity index (χ0n) is 19.2. The molecule has 0 bridgehead atoms. The summed E-state index contributed by atoms with van der Waals surface area (Å²) in [6.45, 7) is 6.67. The minimum Gasteiger partial charge on any atom is -0.365 e. The Bertz CT molecular complexity index is 1070. The van der Waals surface area contributed by atoms with Gasteiger partial charge in [-0.25, -0.2) is 0 Å². The van der Waals surface area contributed by atoms with Gasteiger partial charge in [-0.3, -0.25) is 4.98 Å². The van der Waals surface area contributed by atoms with Crippen LogP contribution in [0.15, 0.2) is 42.6 Å². The Balaban J connectivity index is 1.66. The minimum atomic E-state index is -0.0508. The van der Waals surface area contributed by atoms with Gasteiger partial charge in [0.05, 0.1) is 23.3 Å². The van der Waals surface area contributed by atoms with Crippen molar-refractivity contribution in [3.8, 4) is 0 Å². The number of hydrogen-bond donors (Lipinski definition) is 1. The molecule has 3 aliphatic rings. The molecule has 0 amide bonds. The van der Waals surface area contributed by atoms with Crippen molar-refractivity contribution in [1.29, 1.82) is 0 Å². The molecule has 0 spiro atoms. The summed E-state index contributed by atoms with van der Waals surface area (Å²) in [5.41, 5.74) is 5.79. The Morgan fingerprint density at radius 2 is 1.94 bits per heavy atom. The van der Waals surface area contributed by atoms with Gasteiger partial charge in [0.1, 0.15) is 0 Å². The standard InChI is InChI=1S/C26H31ClN4S/c1-16-15-26(2,3)30(4)22-14-20(27)19(13-18(16)22)24-23(21-11-7-8-12-28-21)29-25(32)31(24)17-9-5-6-10-17/h7-8,11-15,17,23-24H,5-6,9-10H2,1-4H3,(H,29,32)/t23-,24+/m1/s1. The molecule has 0 radical (unpaired) electrons. The van der Waals surface area contributed by atoms with E-state index in [1.807, 2.05) is 18.3 Å². The van der Waals surface area contributed by atoms with Crippen LogP contribution in [0.4, 0.5) is 5.69 Å². The van der Waals surface area contributed by atoms with Gasteiger partial charge in [-0.15, -0.1) is 0 Å². The number of nitrogens with one attached hydrogen (secondary N) is 1. The summed E-state index contributed by atoms with van der Waals surface area (Å²) in [6.07, 6.45) is 9.05. The maximum atomic E-state index is 7.06. The fourth-order valence-electron chi connectivity index (χ4n) is 5.69. The van der Waals surface area contributed by atoms with E-state index in [4.69, 9.17) is 23.8 Å². The highest BCUT2D eigenvalue weighted by Crippen LogP contribution is 2.48. The van der Waals surface area contributed by atoms with E-state index in [1.54, 1.807) is 0 Å². The molecule has 2 atom stereocenters. The summed E-state index contributed by atoms with van der Waals surface area (Å²) < 4.78 is 0. The lowest BCUT2D eigenvalue weighted by Crippen LogP contribution is -2.42. The number of likely N-dealkylation sites (N-methyl/N-ethyl adjacent to an activating group) is 1. The van der Waals surface area contributed by atoms with Crippen molar-refractivity contribution in [2.24, 2.45) is 0 Å². The third kappa shape index (κ3) is 3.50. The first-order chi connectivity index (χ1) is 15.3. The molecule has 2 fully saturated rings. The number of hydrogen-bond acceptors (Lipinski definition) is 3. The summed E-state index contributed by atoms with van der Waals surface area (Å²) in [5.74, 6) is 0. The predicted molar refractivity (Wildman–Crippen MR) is 137 cm³/mol. The maximum Gasteiger partial charge on any atom is 0.170 e. The molecule has 32 heavy (non-hydrogen) atoms. The third-order valence-electron chi connectivity index (χ3n) is 7.51. The summed E-state index contributed by atoms with van der Waals surface area (Å²) in [7, 11) is 2.14. The molecule has 1 saturated heterocycles. The van der Waals surface area contributed by atoms with Gasteiger partial charge in [-0.05, 0) is 81.2 Å². The zero-order valence-corrected chi connectivity index (χ0v) is 20.8. The van der Waals surface area contributed by atoms with E-state index in [0.29, 0.717) is 6.04 Å². The molecule has 1 saturated carbocycles. The van der Waals surface area contributed by atoms with Crippen LogP contribution < -0.4 is 10.2 Å². The summed E-state index contributed by atoms with van der Waals surface area (Å²) in [6, 6.07) is 11.0. The van der Waals surface area contributed by atoms with E-state index >= 15 is 0 Å². The number of benzene rings is 1. The van der Waals surface area contributed by atoms with Crippen LogP contribution in [0.3, 0.4) is 0 Å². The van der Waals surface area contributed by atoms with Gasteiger partial charge in [-0.1, -0.05) is 36.6 Å². The lowest BCUT2D eigenvalue weighted by Gasteiger charge is -2.41. The van der Waals surface area contributed by atoms with Crippen LogP contribution in [0.5, 0.6) is 0 Å². The molecule has 2 aromatic rings. The van der Waals surface area contributed by atoms with Gasteiger partial charge in [-0.2, -0.15) is 0 Å². The summed E-state index contributed by atoms with van der Waals surface area (Å²) in [4.78, 5) is 9.42. The predicted octanol–water partition coefficient (Wildman–Crippen LogP) is 6.28. The SMILES string of the molecule is CC1=CC(C)(C)N(C)c2cc(Cl)c([C@H]3[C@@H](c4ccccn4)NC(=S)N3C3CCCC3)cc21. The highest BCUT2D eigenvalue weighted by Gasteiger charge is 2.45. The van der Waals surface area contributed by atoms with E-state index in [1.165, 1.54) is 42.5 Å². The smallest absolute Gasteiger partial charge is 0.170 e. The second kappa shape index (κ2) is 8.03. The van der Waals surface area contributed by atoms with Gasteiger partial charge in [0.15, 0.2) is 5.11 Å². The van der Waals surface area contributed by atoms with Crippen molar-refractivity contribution in [2.45, 2.75) is 70.1 Å². The van der Waals surface area contributed by atoms with Gasteiger partial charge in [0, 0.05) is 35.6 Å². The van der Waals surface area contributed by atoms with Crippen LogP contribution in [-0.2, 0) is 0 Å². The van der Waals surface area contributed by atoms with E-state index in [0.717, 1.165) is 21.4 Å². The molecule has 1 N–H and O–H groups in total. The van der Waals surface area contributed by atoms with E-state index in [-0.39, 0.29) is 17.6 Å². The van der Waals surface area contributed by atoms with Gasteiger partial charge < -0.3 is 15.1 Å². The Morgan fingerprint density at radius 3 is 2.62 bits per heavy atom.